The zero-order chi connectivity index (χ0) is 12.4. The lowest BCUT2D eigenvalue weighted by Crippen LogP contribution is -2.30. The molecule has 0 aliphatic rings. The van der Waals surface area contributed by atoms with Crippen LogP contribution in [-0.2, 0) is 7.05 Å². The summed E-state index contributed by atoms with van der Waals surface area (Å²) < 4.78 is 3.37. The van der Waals surface area contributed by atoms with E-state index < -0.39 is 0 Å². The normalized spacial score (nSPS) is 12.7. The number of benzene rings is 1. The fourth-order valence-corrected chi connectivity index (χ4v) is 2.64. The van der Waals surface area contributed by atoms with Crippen LogP contribution in [0.2, 0.25) is 0 Å². The number of hydrogen-bond donors (Lipinski definition) is 2. The Labute approximate surface area is 116 Å². The molecule has 0 saturated carbocycles. The van der Waals surface area contributed by atoms with Crippen molar-refractivity contribution in [3.05, 3.63) is 44.6 Å². The van der Waals surface area contributed by atoms with Gasteiger partial charge in [0.2, 0.25) is 0 Å². The molecule has 0 spiro atoms. The second-order valence-corrected chi connectivity index (χ2v) is 5.21. The topological polar surface area (TPSA) is 68.8 Å². The van der Waals surface area contributed by atoms with Crippen LogP contribution in [0.25, 0.3) is 0 Å². The van der Waals surface area contributed by atoms with E-state index in [1.165, 1.54) is 0 Å². The van der Waals surface area contributed by atoms with Crippen LogP contribution in [0.1, 0.15) is 17.3 Å². The van der Waals surface area contributed by atoms with Gasteiger partial charge in [0.1, 0.15) is 0 Å². The SMILES string of the molecule is Cn1nnc(Br)c1C(NN)c1cccc(Br)c1. The van der Waals surface area contributed by atoms with Crippen molar-refractivity contribution >= 4 is 31.9 Å². The van der Waals surface area contributed by atoms with E-state index in [-0.39, 0.29) is 6.04 Å². The van der Waals surface area contributed by atoms with Crippen molar-refractivity contribution in [3.8, 4) is 0 Å². The second-order valence-electron chi connectivity index (χ2n) is 3.54. The monoisotopic (exact) mass is 359 g/mol. The zero-order valence-corrected chi connectivity index (χ0v) is 12.2. The fraction of sp³-hybridized carbons (Fsp3) is 0.200. The summed E-state index contributed by atoms with van der Waals surface area (Å²) in [6, 6.07) is 7.76. The van der Waals surface area contributed by atoms with Crippen LogP contribution in [0.5, 0.6) is 0 Å². The van der Waals surface area contributed by atoms with Gasteiger partial charge in [0, 0.05) is 11.5 Å². The first-order chi connectivity index (χ1) is 8.13. The number of hydrazine groups is 1. The molecule has 0 aliphatic carbocycles. The molecule has 2 rings (SSSR count). The van der Waals surface area contributed by atoms with E-state index in [9.17, 15) is 0 Å². The van der Waals surface area contributed by atoms with Gasteiger partial charge in [-0.05, 0) is 33.6 Å². The molecule has 0 fully saturated rings. The minimum atomic E-state index is -0.165. The first kappa shape index (κ1) is 12.7. The van der Waals surface area contributed by atoms with Crippen molar-refractivity contribution in [2.75, 3.05) is 0 Å². The molecule has 17 heavy (non-hydrogen) atoms. The summed E-state index contributed by atoms with van der Waals surface area (Å²) in [6.45, 7) is 0. The number of rotatable bonds is 3. The van der Waals surface area contributed by atoms with Gasteiger partial charge in [0.15, 0.2) is 4.60 Å². The highest BCUT2D eigenvalue weighted by molar-refractivity contribution is 9.10. The van der Waals surface area contributed by atoms with Gasteiger partial charge in [-0.15, -0.1) is 5.10 Å². The van der Waals surface area contributed by atoms with E-state index in [0.717, 1.165) is 15.7 Å². The number of hydrogen-bond acceptors (Lipinski definition) is 4. The van der Waals surface area contributed by atoms with E-state index in [4.69, 9.17) is 5.84 Å². The van der Waals surface area contributed by atoms with Crippen LogP contribution >= 0.6 is 31.9 Å². The average Bonchev–Trinajstić information content (AvgIpc) is 2.62. The third-order valence-electron chi connectivity index (χ3n) is 2.45. The van der Waals surface area contributed by atoms with E-state index in [0.29, 0.717) is 4.60 Å². The van der Waals surface area contributed by atoms with Gasteiger partial charge in [-0.25, -0.2) is 10.1 Å². The van der Waals surface area contributed by atoms with E-state index in [2.05, 4.69) is 47.6 Å². The van der Waals surface area contributed by atoms with E-state index in [1.54, 1.807) is 4.68 Å². The molecule has 90 valence electrons. The molecule has 1 aromatic heterocycles. The molecule has 0 radical (unpaired) electrons. The maximum atomic E-state index is 5.63. The minimum Gasteiger partial charge on any atom is -0.271 e. The van der Waals surface area contributed by atoms with Crippen molar-refractivity contribution in [3.63, 3.8) is 0 Å². The fourth-order valence-electron chi connectivity index (χ4n) is 1.66. The summed E-state index contributed by atoms with van der Waals surface area (Å²) in [5, 5.41) is 7.90. The lowest BCUT2D eigenvalue weighted by Gasteiger charge is -2.16. The smallest absolute Gasteiger partial charge is 0.153 e. The Bertz CT molecular complexity index is 506. The molecule has 0 saturated heterocycles. The van der Waals surface area contributed by atoms with Gasteiger partial charge in [0.05, 0.1) is 11.7 Å². The predicted molar refractivity (Wildman–Crippen MR) is 72.0 cm³/mol. The maximum Gasteiger partial charge on any atom is 0.153 e. The number of nitrogens with two attached hydrogens (primary N) is 1. The van der Waals surface area contributed by atoms with Crippen LogP contribution in [0.3, 0.4) is 0 Å². The molecule has 2 aromatic rings. The minimum absolute atomic E-state index is 0.165. The molecule has 3 N–H and O–H groups in total. The standard InChI is InChI=1S/C10H11Br2N5/c1-17-9(10(12)15-16-17)8(14-13)6-3-2-4-7(11)5-6/h2-5,8,14H,13H2,1H3. The molecular formula is C10H11Br2N5. The Morgan fingerprint density at radius 3 is 2.71 bits per heavy atom. The van der Waals surface area contributed by atoms with Crippen molar-refractivity contribution < 1.29 is 0 Å². The summed E-state index contributed by atoms with van der Waals surface area (Å²) in [6.07, 6.45) is 0. The molecule has 1 heterocycles. The molecule has 5 nitrogen and oxygen atoms in total. The first-order valence-electron chi connectivity index (χ1n) is 4.90. The summed E-state index contributed by atoms with van der Waals surface area (Å²) in [7, 11) is 1.83. The van der Waals surface area contributed by atoms with Crippen LogP contribution in [-0.4, -0.2) is 15.0 Å². The van der Waals surface area contributed by atoms with Gasteiger partial charge >= 0.3 is 0 Å². The van der Waals surface area contributed by atoms with Crippen molar-refractivity contribution in [2.45, 2.75) is 6.04 Å². The largest absolute Gasteiger partial charge is 0.271 e. The lowest BCUT2D eigenvalue weighted by molar-refractivity contribution is 0.569. The highest BCUT2D eigenvalue weighted by atomic mass is 79.9. The van der Waals surface area contributed by atoms with Crippen molar-refractivity contribution in [2.24, 2.45) is 12.9 Å². The van der Waals surface area contributed by atoms with Gasteiger partial charge in [0.25, 0.3) is 0 Å². The summed E-state index contributed by atoms with van der Waals surface area (Å²) >= 11 is 6.81. The Balaban J connectivity index is 2.47. The zero-order valence-electron chi connectivity index (χ0n) is 9.06. The maximum absolute atomic E-state index is 5.63. The Hall–Kier alpha value is -0.760. The molecule has 1 aromatic carbocycles. The van der Waals surface area contributed by atoms with Gasteiger partial charge in [-0.1, -0.05) is 33.3 Å². The van der Waals surface area contributed by atoms with Gasteiger partial charge in [-0.3, -0.25) is 5.84 Å². The highest BCUT2D eigenvalue weighted by Crippen LogP contribution is 2.27. The third-order valence-corrected chi connectivity index (χ3v) is 3.51. The average molecular weight is 361 g/mol. The number of aromatic nitrogens is 3. The molecular weight excluding hydrogens is 350 g/mol. The summed E-state index contributed by atoms with van der Waals surface area (Å²) in [5.41, 5.74) is 4.69. The third kappa shape index (κ3) is 2.57. The number of nitrogens with zero attached hydrogens (tertiary/aromatic N) is 3. The van der Waals surface area contributed by atoms with Crippen molar-refractivity contribution in [1.82, 2.24) is 20.4 Å². The molecule has 7 heteroatoms. The second kappa shape index (κ2) is 5.26. The van der Waals surface area contributed by atoms with E-state index in [1.807, 2.05) is 31.3 Å². The first-order valence-corrected chi connectivity index (χ1v) is 6.48. The Kier molecular flexibility index (Phi) is 3.93. The van der Waals surface area contributed by atoms with Gasteiger partial charge in [-0.2, -0.15) is 0 Å². The van der Waals surface area contributed by atoms with Crippen LogP contribution in [0.15, 0.2) is 33.3 Å². The predicted octanol–water partition coefficient (Wildman–Crippen LogP) is 1.89. The van der Waals surface area contributed by atoms with E-state index >= 15 is 0 Å². The molecule has 0 aliphatic heterocycles. The number of aryl methyl sites for hydroxylation is 1. The molecule has 0 bridgehead atoms. The molecule has 1 atom stereocenters. The van der Waals surface area contributed by atoms with Crippen molar-refractivity contribution in [1.29, 1.82) is 0 Å². The van der Waals surface area contributed by atoms with Crippen LogP contribution in [0.4, 0.5) is 0 Å². The van der Waals surface area contributed by atoms with Gasteiger partial charge < -0.3 is 0 Å². The quantitative estimate of drug-likeness (QED) is 0.647. The van der Waals surface area contributed by atoms with Crippen LogP contribution < -0.4 is 11.3 Å². The lowest BCUT2D eigenvalue weighted by atomic mass is 10.1. The summed E-state index contributed by atoms with van der Waals surface area (Å²) in [4.78, 5) is 0. The summed E-state index contributed by atoms with van der Waals surface area (Å²) in [5.74, 6) is 5.63. The Morgan fingerprint density at radius 1 is 1.41 bits per heavy atom. The number of nitrogens with one attached hydrogen (secondary N) is 1. The van der Waals surface area contributed by atoms with Crippen LogP contribution in [0, 0.1) is 0 Å². The Morgan fingerprint density at radius 2 is 2.18 bits per heavy atom. The highest BCUT2D eigenvalue weighted by Gasteiger charge is 2.20. The molecule has 0 amide bonds. The number of halogens is 2. The molecule has 1 unspecified atom stereocenters.